The van der Waals surface area contributed by atoms with Crippen molar-refractivity contribution in [1.29, 1.82) is 0 Å². The average molecular weight is 1210 g/mol. The minimum atomic E-state index is -1.90. The van der Waals surface area contributed by atoms with Gasteiger partial charge in [-0.3, -0.25) is 29.3 Å². The minimum absolute atomic E-state index is 0.0752. The van der Waals surface area contributed by atoms with Gasteiger partial charge in [-0.15, -0.1) is 0 Å². The zero-order chi connectivity index (χ0) is 63.1. The summed E-state index contributed by atoms with van der Waals surface area (Å²) in [5.74, 6) is -3.77. The predicted octanol–water partition coefficient (Wildman–Crippen LogP) is 4.99. The van der Waals surface area contributed by atoms with Crippen molar-refractivity contribution in [2.45, 2.75) is 160 Å². The topological polar surface area (TPSA) is 328 Å². The first-order valence-electron chi connectivity index (χ1n) is 28.3. The van der Waals surface area contributed by atoms with E-state index in [2.05, 4.69) is 26.6 Å². The first-order valence-corrected chi connectivity index (χ1v) is 28.7. The summed E-state index contributed by atoms with van der Waals surface area (Å²) in [4.78, 5) is 122. The van der Waals surface area contributed by atoms with E-state index in [4.69, 9.17) is 45.8 Å². The lowest BCUT2D eigenvalue weighted by molar-refractivity contribution is -0.162. The Morgan fingerprint density at radius 1 is 1.01 bits per heavy atom. The van der Waals surface area contributed by atoms with E-state index >= 15 is 0 Å². The zero-order valence-electron chi connectivity index (χ0n) is 50.5. The molecule has 3 aliphatic rings. The SMILES string of the molecule is CCC(=O)N[C@H](C(=O)N[C@@H](CCCNC(N)=O)C(=O)Nc1ccc(COC(=O)N(C)CCCC(=O)N(C)[C@@H](C)C(=O)O[C@H]2CC(=O)N(C)c3cc(cc(OC)c3Cl)C/C(C)=C/C=C/[C@@H](OC)[C@@]3(O)C[C@H](OC(=O)N3)[C@@H](C)C3O[C@]32C)cc1)C(C)C. The third-order valence-corrected chi connectivity index (χ3v) is 15.9. The number of alkyl carbamates (subject to hydrolysis) is 1. The molecule has 0 spiro atoms. The van der Waals surface area contributed by atoms with Gasteiger partial charge in [0.1, 0.15) is 59.4 Å². The number of halogens is 1. The highest BCUT2D eigenvalue weighted by molar-refractivity contribution is 6.35. The third kappa shape index (κ3) is 18.5. The monoisotopic (exact) mass is 1210 g/mol. The van der Waals surface area contributed by atoms with Crippen LogP contribution in [0.3, 0.4) is 0 Å². The number of anilines is 2. The number of esters is 1. The molecule has 2 aromatic rings. The number of allylic oxidation sites excluding steroid dienone is 3. The number of likely N-dealkylation sites (N-methyl/N-ethyl adjacent to an activating group) is 1. The number of methoxy groups -OCH3 is 2. The number of hydrogen-bond acceptors (Lipinski definition) is 16. The molecule has 8 N–H and O–H groups in total. The first kappa shape index (κ1) is 68.3. The van der Waals surface area contributed by atoms with E-state index in [-0.39, 0.29) is 68.6 Å². The van der Waals surface area contributed by atoms with Gasteiger partial charge in [0.15, 0.2) is 5.72 Å². The maximum absolute atomic E-state index is 14.4. The number of epoxide rings is 1. The number of nitrogens with one attached hydrogen (secondary N) is 5. The average Bonchev–Trinajstić information content (AvgIpc) is 1.83. The molecule has 0 saturated carbocycles. The molecule has 26 heteroatoms. The van der Waals surface area contributed by atoms with Gasteiger partial charge in [0.25, 0.3) is 0 Å². The Labute approximate surface area is 501 Å². The molecule has 0 aliphatic carbocycles. The maximum Gasteiger partial charge on any atom is 0.409 e. The normalized spacial score (nSPS) is 24.2. The third-order valence-electron chi connectivity index (χ3n) is 15.5. The fraction of sp³-hybridized carbons (Fsp3) is 0.576. The molecule has 0 radical (unpaired) electrons. The Morgan fingerprint density at radius 2 is 1.71 bits per heavy atom. The fourth-order valence-corrected chi connectivity index (χ4v) is 10.3. The molecule has 9 amide bonds. The highest BCUT2D eigenvalue weighted by atomic mass is 35.5. The molecule has 4 bridgehead atoms. The van der Waals surface area contributed by atoms with Crippen LogP contribution in [-0.4, -0.2) is 171 Å². The van der Waals surface area contributed by atoms with E-state index in [1.54, 1.807) is 83.2 Å². The second-order valence-electron chi connectivity index (χ2n) is 22.3. The van der Waals surface area contributed by atoms with Gasteiger partial charge in [-0.1, -0.05) is 75.2 Å². The van der Waals surface area contributed by atoms with Crippen molar-refractivity contribution in [1.82, 2.24) is 31.1 Å². The van der Waals surface area contributed by atoms with Crippen LogP contribution >= 0.6 is 11.6 Å². The highest BCUT2D eigenvalue weighted by Crippen LogP contribution is 2.49. The summed E-state index contributed by atoms with van der Waals surface area (Å²) in [6, 6.07) is 6.16. The Kier molecular flexibility index (Phi) is 24.5. The number of nitrogens with two attached hydrogens (primary N) is 1. The smallest absolute Gasteiger partial charge is 0.409 e. The van der Waals surface area contributed by atoms with Gasteiger partial charge in [0.05, 0.1) is 25.3 Å². The molecule has 5 rings (SSSR count). The van der Waals surface area contributed by atoms with Gasteiger partial charge in [0.2, 0.25) is 29.5 Å². The molecule has 3 aliphatic heterocycles. The van der Waals surface area contributed by atoms with Gasteiger partial charge in [-0.2, -0.15) is 0 Å². The van der Waals surface area contributed by atoms with E-state index < -0.39 is 114 Å². The van der Waals surface area contributed by atoms with Crippen molar-refractivity contribution in [3.05, 3.63) is 76.3 Å². The van der Waals surface area contributed by atoms with Crippen LogP contribution in [0.15, 0.2) is 60.2 Å². The molecule has 3 heterocycles. The minimum Gasteiger partial charge on any atom is -0.495 e. The number of fused-ring (bicyclic) bond motifs is 5. The molecular weight excluding hydrogens is 1130 g/mol. The van der Waals surface area contributed by atoms with Crippen LogP contribution in [0.2, 0.25) is 5.02 Å². The van der Waals surface area contributed by atoms with Crippen LogP contribution in [0.25, 0.3) is 0 Å². The van der Waals surface area contributed by atoms with Gasteiger partial charge in [-0.25, -0.2) is 19.2 Å². The lowest BCUT2D eigenvalue weighted by Gasteiger charge is -2.42. The van der Waals surface area contributed by atoms with E-state index in [9.17, 15) is 48.3 Å². The molecule has 2 fully saturated rings. The molecule has 1 unspecified atom stereocenters. The molecule has 25 nitrogen and oxygen atoms in total. The number of rotatable bonds is 22. The van der Waals surface area contributed by atoms with Crippen LogP contribution in [0, 0.1) is 11.8 Å². The molecule has 0 aromatic heterocycles. The van der Waals surface area contributed by atoms with Gasteiger partial charge in [-0.05, 0) is 87.8 Å². The van der Waals surface area contributed by atoms with Gasteiger partial charge in [0, 0.05) is 72.2 Å². The van der Waals surface area contributed by atoms with E-state index in [0.717, 1.165) is 11.1 Å². The number of aliphatic hydroxyl groups is 1. The maximum atomic E-state index is 14.4. The highest BCUT2D eigenvalue weighted by Gasteiger charge is 2.64. The number of carbonyl (C=O) groups excluding carboxylic acids is 9. The van der Waals surface area contributed by atoms with Gasteiger partial charge >= 0.3 is 24.2 Å². The van der Waals surface area contributed by atoms with Crippen molar-refractivity contribution in [2.75, 3.05) is 58.7 Å². The van der Waals surface area contributed by atoms with Crippen LogP contribution in [-0.2, 0) is 65.5 Å². The fourth-order valence-electron chi connectivity index (χ4n) is 9.98. The van der Waals surface area contributed by atoms with Crippen molar-refractivity contribution < 1.29 is 76.7 Å². The number of primary amides is 1. The number of nitrogens with zero attached hydrogens (tertiary/aromatic N) is 3. The first-order chi connectivity index (χ1) is 40.0. The van der Waals surface area contributed by atoms with E-state index in [0.29, 0.717) is 35.5 Å². The number of hydrogen-bond donors (Lipinski definition) is 7. The molecular formula is C59H84ClN9O16. The summed E-state index contributed by atoms with van der Waals surface area (Å²) in [7, 11) is 7.34. The lowest BCUT2D eigenvalue weighted by Crippen LogP contribution is -2.63. The van der Waals surface area contributed by atoms with Crippen molar-refractivity contribution >= 4 is 76.7 Å². The Hall–Kier alpha value is -7.48. The standard InChI is InChI=1S/C59H84ClN9O16/c1-13-46(70)65-50(33(2)3)53(74)64-40(18-15-25-62-55(61)76)52(73)63-39-23-21-37(22-24-39)32-82-57(78)67(8)26-16-20-47(71)68(9)36(6)54(75)84-45-30-48(72)69(10)41-28-38(29-42(80-11)49(41)60)27-34(4)17-14-19-44(81-12)59(79)31-43(83-56(77)66-59)35(5)51-58(45,7)85-51/h14,17,19,21-24,28-29,33,35-36,40,43-45,50-51,79H,13,15-16,18,20,25-27,30-32H2,1-12H3,(H,63,73)(H,64,74)(H,65,70)(H,66,77)(H3,61,62,76)/b19-14+,34-17+/t35-,36+,40+,43+,44-,45+,50+,51?,58+,59+/m1/s1. The summed E-state index contributed by atoms with van der Waals surface area (Å²) < 4.78 is 35.0. The van der Waals surface area contributed by atoms with Crippen LogP contribution in [0.5, 0.6) is 5.75 Å². The number of amides is 9. The van der Waals surface area contributed by atoms with Crippen LogP contribution in [0.4, 0.5) is 25.8 Å². The Morgan fingerprint density at radius 3 is 2.34 bits per heavy atom. The summed E-state index contributed by atoms with van der Waals surface area (Å²) in [5, 5.41) is 25.2. The Bertz CT molecular complexity index is 2820. The van der Waals surface area contributed by atoms with Crippen LogP contribution in [0.1, 0.15) is 105 Å². The van der Waals surface area contributed by atoms with Crippen LogP contribution < -0.4 is 42.0 Å². The summed E-state index contributed by atoms with van der Waals surface area (Å²) in [6.45, 7) is 12.1. The molecule has 2 aromatic carbocycles. The Balaban J connectivity index is 1.20. The van der Waals surface area contributed by atoms with E-state index in [1.165, 1.54) is 57.0 Å². The molecule has 468 valence electrons. The number of benzene rings is 2. The largest absolute Gasteiger partial charge is 0.495 e. The zero-order valence-corrected chi connectivity index (χ0v) is 51.3. The number of ether oxygens (including phenoxy) is 6. The van der Waals surface area contributed by atoms with Crippen molar-refractivity contribution in [3.8, 4) is 5.75 Å². The molecule has 2 saturated heterocycles. The van der Waals surface area contributed by atoms with E-state index in [1.807, 2.05) is 13.0 Å². The summed E-state index contributed by atoms with van der Waals surface area (Å²) >= 11 is 6.83. The molecule has 85 heavy (non-hydrogen) atoms. The predicted molar refractivity (Wildman–Crippen MR) is 314 cm³/mol. The second-order valence-corrected chi connectivity index (χ2v) is 22.7. The van der Waals surface area contributed by atoms with Crippen molar-refractivity contribution in [3.63, 3.8) is 0 Å². The summed E-state index contributed by atoms with van der Waals surface area (Å²) in [5.41, 5.74) is 4.89. The molecule has 10 atom stereocenters. The lowest BCUT2D eigenvalue weighted by atomic mass is 9.83. The second kappa shape index (κ2) is 30.6. The van der Waals surface area contributed by atoms with Gasteiger partial charge < -0.3 is 75.2 Å². The summed E-state index contributed by atoms with van der Waals surface area (Å²) in [6.07, 6.45) is 0.285. The number of carbonyl (C=O) groups is 9. The number of urea groups is 1. The van der Waals surface area contributed by atoms with Crippen molar-refractivity contribution in [2.24, 2.45) is 17.6 Å². The quantitative estimate of drug-likeness (QED) is 0.0354.